The normalized spacial score (nSPS) is 14.8. The molecule has 2 aromatic rings. The van der Waals surface area contributed by atoms with Gasteiger partial charge in [0.1, 0.15) is 0 Å². The van der Waals surface area contributed by atoms with E-state index in [-0.39, 0.29) is 29.1 Å². The highest BCUT2D eigenvalue weighted by atomic mass is 31.1. The molecule has 1 heteroatoms. The lowest BCUT2D eigenvalue weighted by Crippen LogP contribution is -2.36. The van der Waals surface area contributed by atoms with Crippen molar-refractivity contribution in [1.82, 2.24) is 0 Å². The molecule has 0 aliphatic heterocycles. The Hall–Kier alpha value is -1.13. The molecule has 0 nitrogen and oxygen atoms in total. The Morgan fingerprint density at radius 3 is 1.63 bits per heavy atom. The number of benzene rings is 2. The zero-order valence-electron chi connectivity index (χ0n) is 21.5. The third-order valence-electron chi connectivity index (χ3n) is 6.28. The van der Waals surface area contributed by atoms with Gasteiger partial charge in [0.25, 0.3) is 0 Å². The van der Waals surface area contributed by atoms with Crippen LogP contribution in [0.4, 0.5) is 0 Å². The Morgan fingerprint density at radius 2 is 1.17 bits per heavy atom. The molecule has 0 bridgehead atoms. The highest BCUT2D eigenvalue weighted by molar-refractivity contribution is 7.68. The number of hydrogen-bond donors (Lipinski definition) is 0. The topological polar surface area (TPSA) is 0 Å². The third-order valence-corrected chi connectivity index (χ3v) is 9.93. The van der Waals surface area contributed by atoms with E-state index < -0.39 is 0 Å². The molecule has 0 spiro atoms. The largest absolute Gasteiger partial charge is 0.0636 e. The van der Waals surface area contributed by atoms with E-state index >= 15 is 0 Å². The van der Waals surface area contributed by atoms with E-state index in [1.165, 1.54) is 22.3 Å². The van der Waals surface area contributed by atoms with Gasteiger partial charge < -0.3 is 0 Å². The molecule has 0 fully saturated rings. The second kappa shape index (κ2) is 7.20. The second-order valence-electron chi connectivity index (χ2n) is 13.2. The minimum Gasteiger partial charge on any atom is -0.0636 e. The predicted molar refractivity (Wildman–Crippen MR) is 138 cm³/mol. The van der Waals surface area contributed by atoms with Crippen LogP contribution < -0.4 is 5.30 Å². The molecule has 1 aliphatic carbocycles. The predicted octanol–water partition coefficient (Wildman–Crippen LogP) is 8.56. The zero-order chi connectivity index (χ0) is 22.9. The van der Waals surface area contributed by atoms with Crippen molar-refractivity contribution in [2.75, 3.05) is 0 Å². The summed E-state index contributed by atoms with van der Waals surface area (Å²) >= 11 is 0. The van der Waals surface area contributed by atoms with Crippen LogP contribution in [-0.4, -0.2) is 10.3 Å². The van der Waals surface area contributed by atoms with Crippen LogP contribution in [0.1, 0.15) is 105 Å². The van der Waals surface area contributed by atoms with Crippen molar-refractivity contribution in [3.63, 3.8) is 0 Å². The molecule has 2 aromatic carbocycles. The van der Waals surface area contributed by atoms with Crippen LogP contribution in [0.5, 0.6) is 0 Å². The minimum atomic E-state index is -0.359. The number of fused-ring (bicyclic) bond motifs is 3. The average Bonchev–Trinajstić information content (AvgIpc) is 2.88. The summed E-state index contributed by atoms with van der Waals surface area (Å²) in [5, 5.41) is 2.20. The van der Waals surface area contributed by atoms with Gasteiger partial charge in [-0.1, -0.05) is 121 Å². The summed E-state index contributed by atoms with van der Waals surface area (Å²) in [6.45, 7) is 28.8. The van der Waals surface area contributed by atoms with Crippen LogP contribution in [0.15, 0.2) is 30.3 Å². The van der Waals surface area contributed by atoms with Crippen LogP contribution in [0.3, 0.4) is 0 Å². The van der Waals surface area contributed by atoms with Gasteiger partial charge in [-0.3, -0.25) is 0 Å². The van der Waals surface area contributed by atoms with E-state index in [0.29, 0.717) is 0 Å². The first-order valence-corrected chi connectivity index (χ1v) is 12.9. The second-order valence-corrected chi connectivity index (χ2v) is 17.0. The highest BCUT2D eigenvalue weighted by Crippen LogP contribution is 2.61. The summed E-state index contributed by atoms with van der Waals surface area (Å²) < 4.78 is 0. The third kappa shape index (κ3) is 4.27. The minimum absolute atomic E-state index is 0.146. The van der Waals surface area contributed by atoms with Gasteiger partial charge in [0.05, 0.1) is 0 Å². The SMILES string of the molecule is CC(C)(C)c1ccc2c(c1)Cc1c-2ccc(C(C)(C)C)c1P(C(C)(C)C)C(C)(C)C. The average molecular weight is 423 g/mol. The Bertz CT molecular complexity index is 936. The first-order chi connectivity index (χ1) is 13.4. The van der Waals surface area contributed by atoms with Crippen LogP contribution in [-0.2, 0) is 17.3 Å². The summed E-state index contributed by atoms with van der Waals surface area (Å²) in [7, 11) is -0.359. The van der Waals surface area contributed by atoms with Crippen LogP contribution >= 0.6 is 7.92 Å². The lowest BCUT2D eigenvalue weighted by molar-refractivity contribution is 0.590. The number of rotatable bonds is 1. The van der Waals surface area contributed by atoms with Crippen molar-refractivity contribution in [2.45, 2.75) is 111 Å². The summed E-state index contributed by atoms with van der Waals surface area (Å²) in [5.41, 5.74) is 9.40. The van der Waals surface area contributed by atoms with Crippen molar-refractivity contribution in [3.8, 4) is 11.1 Å². The summed E-state index contributed by atoms with van der Waals surface area (Å²) in [4.78, 5) is 0. The number of hydrogen-bond acceptors (Lipinski definition) is 0. The van der Waals surface area contributed by atoms with E-state index in [9.17, 15) is 0 Å². The molecular formula is C29H43P. The Morgan fingerprint density at radius 1 is 0.633 bits per heavy atom. The molecule has 0 N–H and O–H groups in total. The first-order valence-electron chi connectivity index (χ1n) is 11.5. The summed E-state index contributed by atoms with van der Waals surface area (Å²) in [5.74, 6) is 0. The standard InChI is InChI=1S/C29H43P/c1-26(2,3)20-13-14-21-19(17-20)18-23-22(21)15-16-24(27(4,5)6)25(23)30(28(7,8)9)29(10,11)12/h13-17H,18H2,1-12H3. The maximum atomic E-state index is 2.48. The molecule has 3 rings (SSSR count). The molecule has 164 valence electrons. The molecule has 0 saturated carbocycles. The fourth-order valence-corrected chi connectivity index (χ4v) is 9.74. The first kappa shape index (κ1) is 23.5. The summed E-state index contributed by atoms with van der Waals surface area (Å²) in [6, 6.07) is 12.1. The summed E-state index contributed by atoms with van der Waals surface area (Å²) in [6.07, 6.45) is 1.08. The molecule has 0 amide bonds. The molecule has 0 aromatic heterocycles. The van der Waals surface area contributed by atoms with E-state index in [1.807, 2.05) is 0 Å². The van der Waals surface area contributed by atoms with Gasteiger partial charge in [-0.25, -0.2) is 0 Å². The Labute approximate surface area is 187 Å². The quantitative estimate of drug-likeness (QED) is 0.345. The van der Waals surface area contributed by atoms with E-state index in [0.717, 1.165) is 6.42 Å². The van der Waals surface area contributed by atoms with Crippen molar-refractivity contribution in [1.29, 1.82) is 0 Å². The molecule has 1 aliphatic rings. The fourth-order valence-electron chi connectivity index (χ4n) is 5.26. The van der Waals surface area contributed by atoms with Crippen LogP contribution in [0.25, 0.3) is 11.1 Å². The van der Waals surface area contributed by atoms with Crippen LogP contribution in [0, 0.1) is 0 Å². The molecule has 0 atom stereocenters. The van der Waals surface area contributed by atoms with Crippen molar-refractivity contribution >= 4 is 13.2 Å². The maximum absolute atomic E-state index is 2.48. The maximum Gasteiger partial charge on any atom is -0.000689 e. The van der Waals surface area contributed by atoms with Crippen molar-refractivity contribution < 1.29 is 0 Å². The van der Waals surface area contributed by atoms with Crippen molar-refractivity contribution in [2.24, 2.45) is 0 Å². The van der Waals surface area contributed by atoms with E-state index in [2.05, 4.69) is 113 Å². The highest BCUT2D eigenvalue weighted by Gasteiger charge is 2.41. The van der Waals surface area contributed by atoms with Crippen LogP contribution in [0.2, 0.25) is 0 Å². The van der Waals surface area contributed by atoms with Gasteiger partial charge in [0, 0.05) is 0 Å². The van der Waals surface area contributed by atoms with Gasteiger partial charge in [-0.2, -0.15) is 0 Å². The Balaban J connectivity index is 2.32. The molecule has 0 saturated heterocycles. The van der Waals surface area contributed by atoms with Gasteiger partial charge in [-0.05, 0) is 66.2 Å². The Kier molecular flexibility index (Phi) is 5.65. The molecule has 0 heterocycles. The van der Waals surface area contributed by atoms with E-state index in [4.69, 9.17) is 0 Å². The molecular weight excluding hydrogens is 379 g/mol. The van der Waals surface area contributed by atoms with Gasteiger partial charge in [-0.15, -0.1) is 0 Å². The van der Waals surface area contributed by atoms with Gasteiger partial charge in [0.15, 0.2) is 0 Å². The molecule has 0 radical (unpaired) electrons. The van der Waals surface area contributed by atoms with Crippen molar-refractivity contribution in [3.05, 3.63) is 52.6 Å². The lowest BCUT2D eigenvalue weighted by atomic mass is 9.85. The smallest absolute Gasteiger partial charge is 0.000689 e. The molecule has 0 unspecified atom stereocenters. The van der Waals surface area contributed by atoms with Gasteiger partial charge >= 0.3 is 0 Å². The lowest BCUT2D eigenvalue weighted by Gasteiger charge is -2.45. The fraction of sp³-hybridized carbons (Fsp3) is 0.586. The monoisotopic (exact) mass is 422 g/mol. The zero-order valence-corrected chi connectivity index (χ0v) is 22.4. The van der Waals surface area contributed by atoms with Gasteiger partial charge in [0.2, 0.25) is 0 Å². The molecule has 30 heavy (non-hydrogen) atoms. The van der Waals surface area contributed by atoms with E-state index in [1.54, 1.807) is 16.4 Å².